The number of nitrogens with zero attached hydrogens (tertiary/aromatic N) is 3. The zero-order valence-electron chi connectivity index (χ0n) is 14.1. The fraction of sp³-hybridized carbons (Fsp3) is 0.0952. The largest absolute Gasteiger partial charge is 0.496 e. The Morgan fingerprint density at radius 3 is 2.52 bits per heavy atom. The third-order valence-corrected chi connectivity index (χ3v) is 4.18. The Bertz CT molecular complexity index is 1060. The maximum Gasteiger partial charge on any atom is 0.178 e. The second-order valence-electron chi connectivity index (χ2n) is 5.81. The first kappa shape index (κ1) is 15.3. The first-order chi connectivity index (χ1) is 12.3. The number of aryl methyl sites for hydroxylation is 1. The summed E-state index contributed by atoms with van der Waals surface area (Å²) >= 11 is 0. The van der Waals surface area contributed by atoms with E-state index in [9.17, 15) is 0 Å². The summed E-state index contributed by atoms with van der Waals surface area (Å²) in [5, 5.41) is 1.02. The number of pyridine rings is 1. The van der Waals surface area contributed by atoms with Gasteiger partial charge in [-0.1, -0.05) is 36.4 Å². The van der Waals surface area contributed by atoms with Gasteiger partial charge >= 0.3 is 0 Å². The summed E-state index contributed by atoms with van der Waals surface area (Å²) in [7, 11) is 1.67. The maximum absolute atomic E-state index is 5.49. The first-order valence-electron chi connectivity index (χ1n) is 8.09. The molecule has 2 aromatic heterocycles. The standard InChI is InChI=1S/C21H17N3O/c1-14-11-12-18(21-22-13-15-7-3-5-9-17(15)24-21)23-20(14)16-8-4-6-10-19(16)25-2/h3-13H,1-2H3. The van der Waals surface area contributed by atoms with Crippen LogP contribution >= 0.6 is 0 Å². The number of benzene rings is 2. The number of hydrogen-bond acceptors (Lipinski definition) is 4. The van der Waals surface area contributed by atoms with Crippen molar-refractivity contribution in [2.75, 3.05) is 7.11 Å². The van der Waals surface area contributed by atoms with E-state index in [0.29, 0.717) is 5.82 Å². The van der Waals surface area contributed by atoms with Gasteiger partial charge < -0.3 is 4.74 Å². The van der Waals surface area contributed by atoms with E-state index in [1.54, 1.807) is 7.11 Å². The van der Waals surface area contributed by atoms with Crippen LogP contribution in [0.2, 0.25) is 0 Å². The second kappa shape index (κ2) is 6.32. The maximum atomic E-state index is 5.49. The van der Waals surface area contributed by atoms with Crippen molar-refractivity contribution in [2.24, 2.45) is 0 Å². The number of hydrogen-bond donors (Lipinski definition) is 0. The molecule has 0 saturated carbocycles. The molecule has 122 valence electrons. The minimum Gasteiger partial charge on any atom is -0.496 e. The Morgan fingerprint density at radius 1 is 0.840 bits per heavy atom. The van der Waals surface area contributed by atoms with Crippen LogP contribution in [0.3, 0.4) is 0 Å². The number of methoxy groups -OCH3 is 1. The Kier molecular flexibility index (Phi) is 3.86. The molecule has 0 atom stereocenters. The van der Waals surface area contributed by atoms with Gasteiger partial charge in [0.05, 0.1) is 18.3 Å². The lowest BCUT2D eigenvalue weighted by Crippen LogP contribution is -1.97. The summed E-state index contributed by atoms with van der Waals surface area (Å²) in [4.78, 5) is 14.0. The van der Waals surface area contributed by atoms with Crippen molar-refractivity contribution in [1.82, 2.24) is 15.0 Å². The lowest BCUT2D eigenvalue weighted by molar-refractivity contribution is 0.416. The fourth-order valence-corrected chi connectivity index (χ4v) is 2.86. The molecule has 0 radical (unpaired) electrons. The number of rotatable bonds is 3. The molecule has 0 saturated heterocycles. The summed E-state index contributed by atoms with van der Waals surface area (Å²) in [6.07, 6.45) is 1.84. The molecule has 0 amide bonds. The molecule has 0 aliphatic heterocycles. The van der Waals surface area contributed by atoms with Gasteiger partial charge in [-0.15, -0.1) is 0 Å². The van der Waals surface area contributed by atoms with Gasteiger partial charge in [0.25, 0.3) is 0 Å². The molecule has 4 nitrogen and oxygen atoms in total. The number of ether oxygens (including phenoxy) is 1. The number of para-hydroxylation sites is 2. The van der Waals surface area contributed by atoms with Gasteiger partial charge in [0.15, 0.2) is 5.82 Å². The molecule has 0 N–H and O–H groups in total. The molecular weight excluding hydrogens is 310 g/mol. The minimum atomic E-state index is 0.620. The molecule has 25 heavy (non-hydrogen) atoms. The predicted octanol–water partition coefficient (Wildman–Crippen LogP) is 4.68. The molecule has 2 heterocycles. The highest BCUT2D eigenvalue weighted by atomic mass is 16.5. The summed E-state index contributed by atoms with van der Waals surface area (Å²) in [6.45, 7) is 2.04. The minimum absolute atomic E-state index is 0.620. The first-order valence-corrected chi connectivity index (χ1v) is 8.09. The molecule has 2 aromatic carbocycles. The molecule has 0 bridgehead atoms. The van der Waals surface area contributed by atoms with Crippen molar-refractivity contribution in [1.29, 1.82) is 0 Å². The molecular formula is C21H17N3O. The van der Waals surface area contributed by atoms with Crippen LogP contribution in [0.15, 0.2) is 66.9 Å². The van der Waals surface area contributed by atoms with Crippen LogP contribution in [-0.2, 0) is 0 Å². The normalized spacial score (nSPS) is 10.8. The van der Waals surface area contributed by atoms with Crippen LogP contribution in [-0.4, -0.2) is 22.1 Å². The monoisotopic (exact) mass is 327 g/mol. The van der Waals surface area contributed by atoms with Gasteiger partial charge in [-0.2, -0.15) is 0 Å². The molecule has 4 rings (SSSR count). The van der Waals surface area contributed by atoms with E-state index >= 15 is 0 Å². The smallest absolute Gasteiger partial charge is 0.178 e. The van der Waals surface area contributed by atoms with Crippen molar-refractivity contribution in [3.8, 4) is 28.5 Å². The van der Waals surface area contributed by atoms with E-state index in [4.69, 9.17) is 9.72 Å². The highest BCUT2D eigenvalue weighted by molar-refractivity contribution is 5.79. The van der Waals surface area contributed by atoms with Crippen molar-refractivity contribution in [3.05, 3.63) is 72.4 Å². The van der Waals surface area contributed by atoms with Gasteiger partial charge in [-0.3, -0.25) is 0 Å². The topological polar surface area (TPSA) is 47.9 Å². The second-order valence-corrected chi connectivity index (χ2v) is 5.81. The van der Waals surface area contributed by atoms with Crippen molar-refractivity contribution in [3.63, 3.8) is 0 Å². The third-order valence-electron chi connectivity index (χ3n) is 4.18. The highest BCUT2D eigenvalue weighted by Gasteiger charge is 2.12. The predicted molar refractivity (Wildman–Crippen MR) is 99.5 cm³/mol. The van der Waals surface area contributed by atoms with Gasteiger partial charge in [0.2, 0.25) is 0 Å². The third kappa shape index (κ3) is 2.83. The molecule has 0 aliphatic carbocycles. The Labute approximate surface area is 146 Å². The quantitative estimate of drug-likeness (QED) is 0.548. The van der Waals surface area contributed by atoms with E-state index in [0.717, 1.165) is 39.2 Å². The van der Waals surface area contributed by atoms with Crippen LogP contribution in [0.4, 0.5) is 0 Å². The SMILES string of the molecule is COc1ccccc1-c1nc(-c2ncc3ccccc3n2)ccc1C. The van der Waals surface area contributed by atoms with Crippen LogP contribution in [0.1, 0.15) is 5.56 Å². The van der Waals surface area contributed by atoms with Gasteiger partial charge in [-0.25, -0.2) is 15.0 Å². The highest BCUT2D eigenvalue weighted by Crippen LogP contribution is 2.31. The van der Waals surface area contributed by atoms with E-state index < -0.39 is 0 Å². The number of fused-ring (bicyclic) bond motifs is 1. The Morgan fingerprint density at radius 2 is 1.64 bits per heavy atom. The average Bonchev–Trinajstić information content (AvgIpc) is 2.68. The van der Waals surface area contributed by atoms with Gasteiger partial charge in [0.1, 0.15) is 11.4 Å². The average molecular weight is 327 g/mol. The zero-order chi connectivity index (χ0) is 17.2. The lowest BCUT2D eigenvalue weighted by atomic mass is 10.0. The van der Waals surface area contributed by atoms with E-state index in [1.807, 2.05) is 73.8 Å². The molecule has 0 spiro atoms. The summed E-state index contributed by atoms with van der Waals surface area (Å²) in [6, 6.07) is 19.8. The van der Waals surface area contributed by atoms with Crippen LogP contribution in [0.5, 0.6) is 5.75 Å². The van der Waals surface area contributed by atoms with E-state index in [-0.39, 0.29) is 0 Å². The zero-order valence-corrected chi connectivity index (χ0v) is 14.1. The molecule has 4 heteroatoms. The Hall–Kier alpha value is -3.27. The van der Waals surface area contributed by atoms with Gasteiger partial charge in [0, 0.05) is 17.1 Å². The molecule has 0 aliphatic rings. The summed E-state index contributed by atoms with van der Waals surface area (Å²) in [5.41, 5.74) is 4.58. The lowest BCUT2D eigenvalue weighted by Gasteiger charge is -2.11. The van der Waals surface area contributed by atoms with Crippen LogP contribution < -0.4 is 4.74 Å². The summed E-state index contributed by atoms with van der Waals surface area (Å²) < 4.78 is 5.49. The molecule has 0 unspecified atom stereocenters. The molecule has 0 fully saturated rings. The Balaban J connectivity index is 1.86. The van der Waals surface area contributed by atoms with Crippen molar-refractivity contribution < 1.29 is 4.74 Å². The van der Waals surface area contributed by atoms with Crippen molar-refractivity contribution >= 4 is 10.9 Å². The van der Waals surface area contributed by atoms with Gasteiger partial charge in [-0.05, 0) is 36.8 Å². The fourth-order valence-electron chi connectivity index (χ4n) is 2.86. The van der Waals surface area contributed by atoms with Crippen LogP contribution in [0.25, 0.3) is 33.7 Å². The summed E-state index contributed by atoms with van der Waals surface area (Å²) in [5.74, 6) is 1.42. The van der Waals surface area contributed by atoms with Crippen LogP contribution in [0, 0.1) is 6.92 Å². The number of aromatic nitrogens is 3. The van der Waals surface area contributed by atoms with Crippen molar-refractivity contribution in [2.45, 2.75) is 6.92 Å². The van der Waals surface area contributed by atoms with E-state index in [2.05, 4.69) is 9.97 Å². The van der Waals surface area contributed by atoms with E-state index in [1.165, 1.54) is 0 Å². The molecule has 4 aromatic rings.